The normalized spacial score (nSPS) is 17.8. The molecule has 5 fully saturated rings. The molecule has 0 aliphatic carbocycles. The van der Waals surface area contributed by atoms with Crippen LogP contribution in [-0.2, 0) is 4.74 Å². The second-order valence-corrected chi connectivity index (χ2v) is 23.8. The van der Waals surface area contributed by atoms with Gasteiger partial charge < -0.3 is 43.4 Å². The summed E-state index contributed by atoms with van der Waals surface area (Å²) in [4.78, 5) is 29.9. The van der Waals surface area contributed by atoms with Gasteiger partial charge in [-0.25, -0.2) is 0 Å². The molecule has 0 spiro atoms. The Morgan fingerprint density at radius 1 is 0.457 bits per heavy atom. The predicted octanol–water partition coefficient (Wildman–Crippen LogP) is 13.7. The van der Waals surface area contributed by atoms with Gasteiger partial charge >= 0.3 is 0 Å². The molecule has 12 nitrogen and oxygen atoms in total. The largest absolute Gasteiger partial charge is 0.497 e. The number of hydrogen-bond acceptors (Lipinski definition) is 11. The Balaban J connectivity index is 0.000000289. The van der Waals surface area contributed by atoms with Crippen LogP contribution in [0.15, 0.2) is 72.8 Å². The summed E-state index contributed by atoms with van der Waals surface area (Å²) in [5.74, 6) is 5.00. The average molecular weight is 1120 g/mol. The zero-order valence-corrected chi connectivity index (χ0v) is 51.2. The van der Waals surface area contributed by atoms with Crippen LogP contribution in [0.5, 0.6) is 17.2 Å². The highest BCUT2D eigenvalue weighted by molar-refractivity contribution is 5.95. The maximum Gasteiger partial charge on any atom is 0.253 e. The molecule has 9 rings (SSSR count). The number of likely N-dealkylation sites (tertiary alicyclic amines) is 1. The number of nitrogens with zero attached hydrogens (tertiary/aromatic N) is 7. The van der Waals surface area contributed by atoms with Gasteiger partial charge in [-0.2, -0.15) is 0 Å². The molecule has 0 radical (unpaired) electrons. The maximum atomic E-state index is 12.9. The molecule has 0 N–H and O–H groups in total. The van der Waals surface area contributed by atoms with Crippen LogP contribution in [0.3, 0.4) is 0 Å². The van der Waals surface area contributed by atoms with Crippen LogP contribution in [-0.4, -0.2) is 183 Å². The van der Waals surface area contributed by atoms with Gasteiger partial charge in [-0.1, -0.05) is 102 Å². The summed E-state index contributed by atoms with van der Waals surface area (Å²) in [7, 11) is 9.51. The van der Waals surface area contributed by atoms with Crippen LogP contribution in [0.1, 0.15) is 171 Å². The molecule has 0 atom stereocenters. The summed E-state index contributed by atoms with van der Waals surface area (Å²) in [6.07, 6.45) is 4.73. The topological polar surface area (TPSA) is 76.7 Å². The predicted molar refractivity (Wildman–Crippen MR) is 347 cm³/mol. The van der Waals surface area contributed by atoms with Gasteiger partial charge in [0.15, 0.2) is 0 Å². The van der Waals surface area contributed by atoms with Gasteiger partial charge in [-0.15, -0.1) is 0 Å². The molecule has 5 aliphatic rings. The molecule has 5 saturated heterocycles. The Bertz CT molecular complexity index is 2420. The molecule has 5 aliphatic heterocycles. The highest BCUT2D eigenvalue weighted by Gasteiger charge is 2.30. The van der Waals surface area contributed by atoms with E-state index in [2.05, 4.69) is 161 Å². The zero-order chi connectivity index (χ0) is 56.5. The standard InChI is InChI=1S/C21H33N3O2.C19H30N2O.C15H24N2O.C11H16O.3CH4/c1-16(2)19-6-5-17(15-20(19)26-4)21(25)24-9-7-18(8-10-24)23-13-11-22(3)12-14-23;1-15(2)19-5-4-18(14-16(19)3)20-8-6-17(7-9-20)21-10-12-22-13-11-21;1-12(2)14-6-5-13(11-15(14)18-4)17-9-7-16(3)8-10-17;1-8(2)11-6-5-10(12-4)7-9(11)3;;;/h5-6,15-16,18H,7-14H2,1-4H3;4-5,14-15,17H,6-13H2,1-3H3;5-6,11-12H,7-10H2,1-4H3;5-8H,1-4H3;3*1H4. The van der Waals surface area contributed by atoms with Gasteiger partial charge in [0.2, 0.25) is 0 Å². The van der Waals surface area contributed by atoms with Gasteiger partial charge in [0.1, 0.15) is 17.2 Å². The summed E-state index contributed by atoms with van der Waals surface area (Å²) >= 11 is 0. The fourth-order valence-corrected chi connectivity index (χ4v) is 11.9. The summed E-state index contributed by atoms with van der Waals surface area (Å²) in [6, 6.07) is 27.1. The molecule has 0 bridgehead atoms. The van der Waals surface area contributed by atoms with Gasteiger partial charge in [-0.05, 0) is 153 Å². The summed E-state index contributed by atoms with van der Waals surface area (Å²) in [5, 5.41) is 0. The molecule has 4 aromatic carbocycles. The lowest BCUT2D eigenvalue weighted by Gasteiger charge is -2.42. The lowest BCUT2D eigenvalue weighted by Crippen LogP contribution is -2.52. The van der Waals surface area contributed by atoms with Gasteiger partial charge in [0, 0.05) is 127 Å². The maximum absolute atomic E-state index is 12.9. The lowest BCUT2D eigenvalue weighted by atomic mass is 9.96. The van der Waals surface area contributed by atoms with Crippen molar-refractivity contribution in [2.45, 2.75) is 153 Å². The number of amides is 1. The number of piperidine rings is 2. The third-order valence-corrected chi connectivity index (χ3v) is 17.0. The van der Waals surface area contributed by atoms with E-state index in [1.54, 1.807) is 21.3 Å². The minimum absolute atomic E-state index is 0. The SMILES string of the molecule is C.C.C.COc1cc(C(=O)N2CCC(N3CCN(C)CC3)CC2)ccc1C(C)C.COc1cc(N2CCN(C)CC2)ccc1C(C)C.COc1ccc(C(C)C)c(C)c1.Cc1cc(N2CCC(N3CCOCC3)CC2)ccc1C(C)C. The van der Waals surface area contributed by atoms with Crippen LogP contribution < -0.4 is 24.0 Å². The number of likely N-dealkylation sites (N-methyl/N-ethyl adjacent to an activating group) is 2. The number of methoxy groups -OCH3 is 3. The first-order valence-corrected chi connectivity index (χ1v) is 29.7. The molecular weight excluding hydrogens is 1010 g/mol. The van der Waals surface area contributed by atoms with Crippen molar-refractivity contribution in [3.63, 3.8) is 0 Å². The van der Waals surface area contributed by atoms with E-state index in [0.717, 1.165) is 139 Å². The number of piperazine rings is 2. The van der Waals surface area contributed by atoms with Crippen molar-refractivity contribution in [2.75, 3.05) is 150 Å². The van der Waals surface area contributed by atoms with Gasteiger partial charge in [0.05, 0.1) is 34.5 Å². The van der Waals surface area contributed by atoms with E-state index in [1.807, 2.05) is 29.2 Å². The second kappa shape index (κ2) is 34.7. The van der Waals surface area contributed by atoms with E-state index < -0.39 is 0 Å². The first kappa shape index (κ1) is 70.4. The summed E-state index contributed by atoms with van der Waals surface area (Å²) in [6.45, 7) is 39.2. The Morgan fingerprint density at radius 3 is 1.33 bits per heavy atom. The fraction of sp³-hybridized carbons (Fsp3) is 0.638. The molecule has 4 aromatic rings. The minimum Gasteiger partial charge on any atom is -0.497 e. The molecule has 12 heteroatoms. The van der Waals surface area contributed by atoms with Crippen molar-refractivity contribution < 1.29 is 23.7 Å². The highest BCUT2D eigenvalue weighted by atomic mass is 16.5. The smallest absolute Gasteiger partial charge is 0.253 e. The van der Waals surface area contributed by atoms with E-state index >= 15 is 0 Å². The second-order valence-electron chi connectivity index (χ2n) is 23.8. The number of carbonyl (C=O) groups is 1. The van der Waals surface area contributed by atoms with Gasteiger partial charge in [-0.3, -0.25) is 14.6 Å². The summed E-state index contributed by atoms with van der Waals surface area (Å²) < 4.78 is 21.6. The van der Waals surface area contributed by atoms with Crippen molar-refractivity contribution in [3.8, 4) is 17.2 Å². The zero-order valence-electron chi connectivity index (χ0n) is 51.2. The molecule has 456 valence electrons. The lowest BCUT2D eigenvalue weighted by molar-refractivity contribution is 0.0115. The molecular formula is C69H115N7O5. The van der Waals surface area contributed by atoms with Crippen molar-refractivity contribution in [1.82, 2.24) is 24.5 Å². The number of rotatable bonds is 12. The van der Waals surface area contributed by atoms with Gasteiger partial charge in [0.25, 0.3) is 5.91 Å². The number of benzene rings is 4. The van der Waals surface area contributed by atoms with Crippen LogP contribution in [0.2, 0.25) is 0 Å². The third-order valence-electron chi connectivity index (χ3n) is 17.0. The first-order valence-electron chi connectivity index (χ1n) is 29.7. The van der Waals surface area contributed by atoms with E-state index in [0.29, 0.717) is 29.7 Å². The molecule has 5 heterocycles. The minimum atomic E-state index is 0. The highest BCUT2D eigenvalue weighted by Crippen LogP contribution is 2.33. The van der Waals surface area contributed by atoms with Crippen LogP contribution >= 0.6 is 0 Å². The molecule has 0 saturated carbocycles. The third kappa shape index (κ3) is 20.2. The fourth-order valence-electron chi connectivity index (χ4n) is 11.9. The number of ether oxygens (including phenoxy) is 4. The molecule has 81 heavy (non-hydrogen) atoms. The molecule has 0 unspecified atom stereocenters. The monoisotopic (exact) mass is 1120 g/mol. The quantitative estimate of drug-likeness (QED) is 0.136. The number of hydrogen-bond donors (Lipinski definition) is 0. The molecule has 0 aromatic heterocycles. The van der Waals surface area contributed by atoms with E-state index in [1.165, 1.54) is 65.1 Å². The van der Waals surface area contributed by atoms with Crippen molar-refractivity contribution in [2.24, 2.45) is 0 Å². The van der Waals surface area contributed by atoms with Crippen molar-refractivity contribution in [3.05, 3.63) is 112 Å². The molecule has 1 amide bonds. The van der Waals surface area contributed by atoms with Crippen LogP contribution in [0, 0.1) is 13.8 Å². The van der Waals surface area contributed by atoms with Crippen LogP contribution in [0.4, 0.5) is 11.4 Å². The average Bonchev–Trinajstić information content (AvgIpc) is 3.46. The number of aryl methyl sites for hydroxylation is 2. The Morgan fingerprint density at radius 2 is 0.864 bits per heavy atom. The first-order chi connectivity index (χ1) is 37.4. The van der Waals surface area contributed by atoms with E-state index in [4.69, 9.17) is 18.9 Å². The summed E-state index contributed by atoms with van der Waals surface area (Å²) in [5.41, 5.74) is 11.5. The van der Waals surface area contributed by atoms with E-state index in [-0.39, 0.29) is 28.2 Å². The van der Waals surface area contributed by atoms with Crippen molar-refractivity contribution in [1.29, 1.82) is 0 Å². The van der Waals surface area contributed by atoms with Crippen molar-refractivity contribution >= 4 is 17.3 Å². The Hall–Kier alpha value is -4.85. The number of morpholine rings is 1. The van der Waals surface area contributed by atoms with E-state index in [9.17, 15) is 4.79 Å². The Labute approximate surface area is 495 Å². The number of anilines is 2. The number of carbonyl (C=O) groups excluding carboxylic acids is 1. The Kier molecular flexibility index (Phi) is 30.2. The van der Waals surface area contributed by atoms with Crippen LogP contribution in [0.25, 0.3) is 0 Å².